The average molecular weight is 534 g/mol. The Balaban J connectivity index is 0.000000380. The van der Waals surface area contributed by atoms with Gasteiger partial charge in [0.15, 0.2) is 11.5 Å². The summed E-state index contributed by atoms with van der Waals surface area (Å²) >= 11 is 11.6. The lowest BCUT2D eigenvalue weighted by Gasteiger charge is -2.42. The zero-order valence-electron chi connectivity index (χ0n) is 22.3. The summed E-state index contributed by atoms with van der Waals surface area (Å²) in [4.78, 5) is 28.5. The lowest BCUT2D eigenvalue weighted by atomic mass is 10.1. The van der Waals surface area contributed by atoms with Gasteiger partial charge in [-0.15, -0.1) is 0 Å². The number of hydrogen-bond acceptors (Lipinski definition) is 3. The number of carbonyl (C=O) groups excluding carboxylic acids is 2. The maximum absolute atomic E-state index is 12.7. The van der Waals surface area contributed by atoms with E-state index >= 15 is 0 Å². The second-order valence-corrected chi connectivity index (χ2v) is 10.2. The molecule has 1 unspecified atom stereocenters. The van der Waals surface area contributed by atoms with Crippen molar-refractivity contribution in [2.75, 3.05) is 26.7 Å². The molecule has 1 aromatic carbocycles. The zero-order chi connectivity index (χ0) is 26.8. The highest BCUT2D eigenvalue weighted by molar-refractivity contribution is 6.33. The van der Waals surface area contributed by atoms with E-state index in [1.54, 1.807) is 19.1 Å². The Morgan fingerprint density at radius 3 is 2.53 bits per heavy atom. The molecule has 36 heavy (non-hydrogen) atoms. The van der Waals surface area contributed by atoms with Crippen molar-refractivity contribution in [2.24, 2.45) is 0 Å². The third kappa shape index (κ3) is 8.35. The van der Waals surface area contributed by atoms with Crippen LogP contribution in [0.1, 0.15) is 58.9 Å². The number of Topliss-reactive ketones (excluding diaryl/α,β-unsaturated/α-hetero) is 1. The molecule has 1 saturated heterocycles. The molecule has 0 bridgehead atoms. The highest BCUT2D eigenvalue weighted by Crippen LogP contribution is 2.23. The molecule has 0 radical (unpaired) electrons. The van der Waals surface area contributed by atoms with Crippen LogP contribution in [-0.2, 0) is 16.0 Å². The predicted octanol–water partition coefficient (Wildman–Crippen LogP) is 6.29. The van der Waals surface area contributed by atoms with E-state index in [0.717, 1.165) is 60.0 Å². The quantitative estimate of drug-likeness (QED) is 0.306. The maximum Gasteiger partial charge on any atom is 0.247 e. The molecule has 5 nitrogen and oxygen atoms in total. The van der Waals surface area contributed by atoms with Crippen molar-refractivity contribution in [2.45, 2.75) is 65.8 Å². The van der Waals surface area contributed by atoms with Gasteiger partial charge in [-0.1, -0.05) is 56.1 Å². The van der Waals surface area contributed by atoms with Gasteiger partial charge in [0.05, 0.1) is 12.2 Å². The van der Waals surface area contributed by atoms with Crippen molar-refractivity contribution in [3.63, 3.8) is 0 Å². The van der Waals surface area contributed by atoms with Gasteiger partial charge in [-0.05, 0) is 43.5 Å². The number of unbranched alkanes of at least 4 members (excludes halogenated alkanes) is 1. The Morgan fingerprint density at radius 1 is 1.25 bits per heavy atom. The number of hydrogen-bond donors (Lipinski definition) is 0. The molecule has 3 rings (SSSR count). The number of allylic oxidation sites excluding steroid dienone is 3. The van der Waals surface area contributed by atoms with Gasteiger partial charge in [-0.25, -0.2) is 4.58 Å². The first-order valence-corrected chi connectivity index (χ1v) is 13.5. The van der Waals surface area contributed by atoms with Crippen molar-refractivity contribution in [1.82, 2.24) is 9.80 Å². The summed E-state index contributed by atoms with van der Waals surface area (Å²) in [6.45, 7) is 14.0. The van der Waals surface area contributed by atoms with E-state index in [0.29, 0.717) is 18.8 Å². The molecule has 0 N–H and O–H groups in total. The average Bonchev–Trinajstić information content (AvgIpc) is 3.25. The Kier molecular flexibility index (Phi) is 11.9. The van der Waals surface area contributed by atoms with Crippen LogP contribution >= 0.6 is 23.2 Å². The maximum atomic E-state index is 12.7. The molecule has 1 atom stereocenters. The topological polar surface area (TPSA) is 43.6 Å². The number of piperazine rings is 1. The number of nitrogens with zero attached hydrogens (tertiary/aromatic N) is 3. The summed E-state index contributed by atoms with van der Waals surface area (Å²) in [5, 5.41) is 1.55. The number of benzene rings is 1. The Bertz CT molecular complexity index is 1060. The molecule has 0 aromatic heterocycles. The minimum Gasteiger partial charge on any atom is -0.339 e. The number of ketones is 1. The van der Waals surface area contributed by atoms with Crippen molar-refractivity contribution in [3.8, 4) is 0 Å². The fourth-order valence-corrected chi connectivity index (χ4v) is 4.78. The summed E-state index contributed by atoms with van der Waals surface area (Å²) < 4.78 is 2.20. The van der Waals surface area contributed by atoms with Crippen LogP contribution in [0.2, 0.25) is 10.0 Å². The Morgan fingerprint density at radius 2 is 1.97 bits per heavy atom. The first-order valence-electron chi connectivity index (χ1n) is 12.7. The van der Waals surface area contributed by atoms with Crippen LogP contribution in [0.5, 0.6) is 0 Å². The molecular weight excluding hydrogens is 493 g/mol. The number of rotatable bonds is 7. The fraction of sp³-hybridized carbons (Fsp3) is 0.483. The van der Waals surface area contributed by atoms with Crippen LogP contribution in [0.25, 0.3) is 0 Å². The van der Waals surface area contributed by atoms with Gasteiger partial charge in [0.25, 0.3) is 0 Å². The van der Waals surface area contributed by atoms with Crippen LogP contribution in [-0.4, -0.2) is 64.5 Å². The summed E-state index contributed by atoms with van der Waals surface area (Å²) in [6, 6.07) is 5.53. The molecule has 1 amide bonds. The second kappa shape index (κ2) is 14.4. The van der Waals surface area contributed by atoms with Crippen LogP contribution in [0.15, 0.2) is 54.4 Å². The standard InChI is InChI=1S/C21H32N3O2.C8H8Cl2/c1-6-7-10-20(18(4)25)23-14-17(3)24(15-16(23)2)21(26)12-11-19-9-8-13-22(19)5;1-2-6-5-7(9)3-4-8(6)10/h10-12,17H,2,6-9,13-15H2,1,3-5H3;3-5H,2H2,1H3/q+1;/b12-11+,20-10-;. The molecule has 0 spiro atoms. The lowest BCUT2D eigenvalue weighted by Crippen LogP contribution is -2.52. The summed E-state index contributed by atoms with van der Waals surface area (Å²) in [5.41, 5.74) is 3.82. The molecular formula is C29H40Cl2N3O2+. The first kappa shape index (κ1) is 29.9. The summed E-state index contributed by atoms with van der Waals surface area (Å²) in [7, 11) is 2.06. The van der Waals surface area contributed by atoms with Gasteiger partial charge in [-0.2, -0.15) is 0 Å². The third-order valence-corrected chi connectivity index (χ3v) is 7.10. The fourth-order valence-electron chi connectivity index (χ4n) is 4.34. The SMILES string of the molecule is C=C1CN(C(=O)/C=C/C2=[N+](C)CCC2)C(C)CN1/C(=C\CCC)C(C)=O.CCc1cc(Cl)ccc1Cl. The predicted molar refractivity (Wildman–Crippen MR) is 151 cm³/mol. The largest absolute Gasteiger partial charge is 0.339 e. The van der Waals surface area contributed by atoms with E-state index < -0.39 is 0 Å². The first-order chi connectivity index (χ1) is 17.1. The molecule has 2 heterocycles. The Labute approximate surface area is 226 Å². The van der Waals surface area contributed by atoms with E-state index in [-0.39, 0.29) is 17.7 Å². The van der Waals surface area contributed by atoms with Gasteiger partial charge >= 0.3 is 0 Å². The van der Waals surface area contributed by atoms with E-state index in [9.17, 15) is 9.59 Å². The minimum absolute atomic E-state index is 0.00742. The monoisotopic (exact) mass is 532 g/mol. The van der Waals surface area contributed by atoms with Gasteiger partial charge in [0, 0.05) is 60.2 Å². The number of halogens is 2. The molecule has 0 saturated carbocycles. The van der Waals surface area contributed by atoms with E-state index in [1.807, 2.05) is 41.0 Å². The molecule has 7 heteroatoms. The molecule has 0 aliphatic carbocycles. The number of carbonyl (C=O) groups is 2. The highest BCUT2D eigenvalue weighted by atomic mass is 35.5. The zero-order valence-corrected chi connectivity index (χ0v) is 23.8. The van der Waals surface area contributed by atoms with Crippen LogP contribution < -0.4 is 0 Å². The van der Waals surface area contributed by atoms with Gasteiger partial charge in [0.1, 0.15) is 13.6 Å². The van der Waals surface area contributed by atoms with Crippen molar-refractivity contribution in [3.05, 3.63) is 70.0 Å². The van der Waals surface area contributed by atoms with Crippen molar-refractivity contribution < 1.29 is 14.2 Å². The van der Waals surface area contributed by atoms with E-state index in [4.69, 9.17) is 23.2 Å². The van der Waals surface area contributed by atoms with Crippen molar-refractivity contribution >= 4 is 40.6 Å². The molecule has 1 aromatic rings. The summed E-state index contributed by atoms with van der Waals surface area (Å²) in [6.07, 6.45) is 10.6. The van der Waals surface area contributed by atoms with E-state index in [2.05, 4.69) is 32.0 Å². The Hall–Kier alpha value is -2.37. The summed E-state index contributed by atoms with van der Waals surface area (Å²) in [5.74, 6) is 0.0557. The third-order valence-electron chi connectivity index (χ3n) is 6.50. The smallest absolute Gasteiger partial charge is 0.247 e. The normalized spacial score (nSPS) is 18.6. The molecule has 2 aliphatic rings. The second-order valence-electron chi connectivity index (χ2n) is 9.37. The minimum atomic E-state index is 0.00742. The molecule has 2 aliphatic heterocycles. The van der Waals surface area contributed by atoms with Crippen molar-refractivity contribution in [1.29, 1.82) is 0 Å². The van der Waals surface area contributed by atoms with E-state index in [1.165, 1.54) is 5.71 Å². The molecule has 1 fully saturated rings. The highest BCUT2D eigenvalue weighted by Gasteiger charge is 2.31. The van der Waals surface area contributed by atoms with Gasteiger partial charge < -0.3 is 9.80 Å². The number of aryl methyl sites for hydroxylation is 1. The lowest BCUT2D eigenvalue weighted by molar-refractivity contribution is -0.487. The van der Waals surface area contributed by atoms with Gasteiger partial charge in [-0.3, -0.25) is 9.59 Å². The van der Waals surface area contributed by atoms with Crippen LogP contribution in [0.4, 0.5) is 0 Å². The molecule has 196 valence electrons. The van der Waals surface area contributed by atoms with Crippen LogP contribution in [0.3, 0.4) is 0 Å². The number of amides is 1. The van der Waals surface area contributed by atoms with Crippen LogP contribution in [0, 0.1) is 0 Å². The van der Waals surface area contributed by atoms with Gasteiger partial charge in [0.2, 0.25) is 5.91 Å².